The van der Waals surface area contributed by atoms with Gasteiger partial charge in [0.25, 0.3) is 0 Å². The highest BCUT2D eigenvalue weighted by Crippen LogP contribution is 2.20. The van der Waals surface area contributed by atoms with E-state index in [2.05, 4.69) is 5.32 Å². The molecule has 0 aliphatic rings. The second-order valence-electron chi connectivity index (χ2n) is 4.12. The van der Waals surface area contributed by atoms with E-state index in [1.54, 1.807) is 19.2 Å². The van der Waals surface area contributed by atoms with Crippen LogP contribution in [0.3, 0.4) is 0 Å². The second-order valence-corrected chi connectivity index (χ2v) is 4.12. The number of benzene rings is 2. The predicted octanol–water partition coefficient (Wildman–Crippen LogP) is 3.07. The summed E-state index contributed by atoms with van der Waals surface area (Å²) < 4.78 is 5.09. The highest BCUT2D eigenvalue weighted by molar-refractivity contribution is 5.70. The molecule has 2 aromatic rings. The third kappa shape index (κ3) is 3.74. The topological polar surface area (TPSA) is 58.6 Å². The summed E-state index contributed by atoms with van der Waals surface area (Å²) in [5.74, 6) is -0.0155. The highest BCUT2D eigenvalue weighted by Gasteiger charge is 2.00. The van der Waals surface area contributed by atoms with Gasteiger partial charge in [0.1, 0.15) is 5.75 Å². The molecule has 0 bridgehead atoms. The molecule has 0 atom stereocenters. The van der Waals surface area contributed by atoms with Crippen LogP contribution in [0.25, 0.3) is 0 Å². The van der Waals surface area contributed by atoms with Crippen molar-refractivity contribution in [3.8, 4) is 5.75 Å². The number of hydrogen-bond donors (Lipinski definition) is 2. The van der Waals surface area contributed by atoms with Gasteiger partial charge in [0.15, 0.2) is 0 Å². The van der Waals surface area contributed by atoms with Crippen LogP contribution in [-0.2, 0) is 11.2 Å². The Hall–Kier alpha value is -2.49. The Morgan fingerprint density at radius 2 is 1.58 bits per heavy atom. The van der Waals surface area contributed by atoms with Crippen molar-refractivity contribution in [2.24, 2.45) is 0 Å². The lowest BCUT2D eigenvalue weighted by molar-refractivity contribution is -0.136. The fourth-order valence-electron chi connectivity index (χ4n) is 1.72. The zero-order valence-electron chi connectivity index (χ0n) is 10.6. The van der Waals surface area contributed by atoms with Gasteiger partial charge in [-0.25, -0.2) is 0 Å². The van der Waals surface area contributed by atoms with Gasteiger partial charge in [0.05, 0.1) is 13.5 Å². The van der Waals surface area contributed by atoms with Crippen LogP contribution >= 0.6 is 0 Å². The van der Waals surface area contributed by atoms with E-state index in [9.17, 15) is 4.79 Å². The Balaban J connectivity index is 2.04. The summed E-state index contributed by atoms with van der Waals surface area (Å²) in [6, 6.07) is 14.9. The summed E-state index contributed by atoms with van der Waals surface area (Å²) in [6.45, 7) is 0. The summed E-state index contributed by atoms with van der Waals surface area (Å²) >= 11 is 0. The van der Waals surface area contributed by atoms with Crippen LogP contribution in [0.15, 0.2) is 48.5 Å². The largest absolute Gasteiger partial charge is 0.497 e. The number of carboxylic acid groups (broad SMARTS) is 1. The van der Waals surface area contributed by atoms with Crippen molar-refractivity contribution in [2.75, 3.05) is 12.4 Å². The van der Waals surface area contributed by atoms with Crippen molar-refractivity contribution in [1.82, 2.24) is 0 Å². The molecule has 0 saturated heterocycles. The predicted molar refractivity (Wildman–Crippen MR) is 74.1 cm³/mol. The van der Waals surface area contributed by atoms with E-state index in [-0.39, 0.29) is 6.42 Å². The minimum atomic E-state index is -0.823. The van der Waals surface area contributed by atoms with Crippen LogP contribution in [0.5, 0.6) is 5.75 Å². The van der Waals surface area contributed by atoms with Crippen molar-refractivity contribution in [3.05, 3.63) is 54.1 Å². The lowest BCUT2D eigenvalue weighted by Crippen LogP contribution is -1.99. The molecule has 0 fully saturated rings. The number of anilines is 2. The smallest absolute Gasteiger partial charge is 0.307 e. The summed E-state index contributed by atoms with van der Waals surface area (Å²) in [4.78, 5) is 10.6. The van der Waals surface area contributed by atoms with Gasteiger partial charge in [0, 0.05) is 11.4 Å². The molecule has 2 rings (SSSR count). The normalized spacial score (nSPS) is 9.95. The molecular weight excluding hydrogens is 242 g/mol. The zero-order valence-corrected chi connectivity index (χ0v) is 10.6. The molecule has 0 radical (unpaired) electrons. The first kappa shape index (κ1) is 13.0. The van der Waals surface area contributed by atoms with Crippen LogP contribution in [0, 0.1) is 0 Å². The number of carbonyl (C=O) groups is 1. The van der Waals surface area contributed by atoms with E-state index < -0.39 is 5.97 Å². The minimum absolute atomic E-state index is 0.0445. The molecular formula is C15H15NO3. The number of carboxylic acids is 1. The number of hydrogen-bond acceptors (Lipinski definition) is 3. The first-order chi connectivity index (χ1) is 9.17. The molecule has 0 unspecified atom stereocenters. The van der Waals surface area contributed by atoms with Gasteiger partial charge in [-0.2, -0.15) is 0 Å². The fraction of sp³-hybridized carbons (Fsp3) is 0.133. The molecule has 0 amide bonds. The van der Waals surface area contributed by atoms with Gasteiger partial charge in [-0.1, -0.05) is 12.1 Å². The van der Waals surface area contributed by atoms with Crippen molar-refractivity contribution in [2.45, 2.75) is 6.42 Å². The molecule has 0 aromatic heterocycles. The Morgan fingerprint density at radius 3 is 2.05 bits per heavy atom. The molecule has 4 heteroatoms. The number of methoxy groups -OCH3 is 1. The van der Waals surface area contributed by atoms with Crippen molar-refractivity contribution in [1.29, 1.82) is 0 Å². The van der Waals surface area contributed by atoms with Gasteiger partial charge in [0.2, 0.25) is 0 Å². The molecule has 98 valence electrons. The maximum Gasteiger partial charge on any atom is 0.307 e. The van der Waals surface area contributed by atoms with E-state index in [1.165, 1.54) is 0 Å². The Kier molecular flexibility index (Phi) is 4.03. The average molecular weight is 257 g/mol. The van der Waals surface area contributed by atoms with Gasteiger partial charge in [-0.3, -0.25) is 4.79 Å². The zero-order chi connectivity index (χ0) is 13.7. The van der Waals surface area contributed by atoms with Gasteiger partial charge >= 0.3 is 5.97 Å². The molecule has 19 heavy (non-hydrogen) atoms. The average Bonchev–Trinajstić information content (AvgIpc) is 2.41. The lowest BCUT2D eigenvalue weighted by atomic mass is 10.1. The van der Waals surface area contributed by atoms with Gasteiger partial charge in [-0.15, -0.1) is 0 Å². The first-order valence-electron chi connectivity index (χ1n) is 5.89. The van der Waals surface area contributed by atoms with Crippen LogP contribution < -0.4 is 10.1 Å². The van der Waals surface area contributed by atoms with Crippen LogP contribution in [-0.4, -0.2) is 18.2 Å². The van der Waals surface area contributed by atoms with E-state index >= 15 is 0 Å². The van der Waals surface area contributed by atoms with Crippen molar-refractivity contribution in [3.63, 3.8) is 0 Å². The van der Waals surface area contributed by atoms with E-state index in [1.807, 2.05) is 36.4 Å². The number of ether oxygens (including phenoxy) is 1. The SMILES string of the molecule is COc1ccc(Nc2ccc(CC(=O)O)cc2)cc1. The second kappa shape index (κ2) is 5.91. The quantitative estimate of drug-likeness (QED) is 0.864. The first-order valence-corrected chi connectivity index (χ1v) is 5.89. The molecule has 0 aliphatic carbocycles. The monoisotopic (exact) mass is 257 g/mol. The minimum Gasteiger partial charge on any atom is -0.497 e. The molecule has 4 nitrogen and oxygen atoms in total. The van der Waals surface area contributed by atoms with Crippen molar-refractivity contribution >= 4 is 17.3 Å². The van der Waals surface area contributed by atoms with E-state index in [4.69, 9.17) is 9.84 Å². The Bertz CT molecular complexity index is 547. The van der Waals surface area contributed by atoms with Gasteiger partial charge < -0.3 is 15.2 Å². The third-order valence-corrected chi connectivity index (χ3v) is 2.69. The molecule has 2 N–H and O–H groups in total. The summed E-state index contributed by atoms with van der Waals surface area (Å²) in [7, 11) is 1.63. The Labute approximate surface area is 111 Å². The van der Waals surface area contributed by atoms with Crippen molar-refractivity contribution < 1.29 is 14.6 Å². The van der Waals surface area contributed by atoms with Gasteiger partial charge in [-0.05, 0) is 42.0 Å². The molecule has 0 aliphatic heterocycles. The summed E-state index contributed by atoms with van der Waals surface area (Å²) in [5.41, 5.74) is 2.65. The Morgan fingerprint density at radius 1 is 1.05 bits per heavy atom. The van der Waals surface area contributed by atoms with E-state index in [0.29, 0.717) is 0 Å². The maximum atomic E-state index is 10.6. The van der Waals surface area contributed by atoms with E-state index in [0.717, 1.165) is 22.7 Å². The highest BCUT2D eigenvalue weighted by atomic mass is 16.5. The third-order valence-electron chi connectivity index (χ3n) is 2.69. The van der Waals surface area contributed by atoms with Crippen LogP contribution in [0.2, 0.25) is 0 Å². The summed E-state index contributed by atoms with van der Waals surface area (Å²) in [6.07, 6.45) is 0.0445. The fourth-order valence-corrected chi connectivity index (χ4v) is 1.72. The standard InChI is InChI=1S/C15H15NO3/c1-19-14-8-6-13(7-9-14)16-12-4-2-11(3-5-12)10-15(17)18/h2-9,16H,10H2,1H3,(H,17,18). The number of aliphatic carboxylic acids is 1. The number of rotatable bonds is 5. The summed E-state index contributed by atoms with van der Waals surface area (Å²) in [5, 5.41) is 11.9. The number of nitrogens with one attached hydrogen (secondary N) is 1. The molecule has 2 aromatic carbocycles. The molecule has 0 heterocycles. The van der Waals surface area contributed by atoms with Crippen LogP contribution in [0.4, 0.5) is 11.4 Å². The molecule has 0 spiro atoms. The molecule has 0 saturated carbocycles. The lowest BCUT2D eigenvalue weighted by Gasteiger charge is -2.08. The van der Waals surface area contributed by atoms with Crippen LogP contribution in [0.1, 0.15) is 5.56 Å². The maximum absolute atomic E-state index is 10.6.